The van der Waals surface area contributed by atoms with E-state index >= 15 is 0 Å². The number of rotatable bonds is 4. The molecule has 0 saturated carbocycles. The van der Waals surface area contributed by atoms with Gasteiger partial charge in [-0.05, 0) is 45.6 Å². The number of piperidine rings is 1. The summed E-state index contributed by atoms with van der Waals surface area (Å²) in [6.07, 6.45) is 3.42. The van der Waals surface area contributed by atoms with E-state index in [1.807, 2.05) is 25.7 Å². The van der Waals surface area contributed by atoms with E-state index in [1.165, 1.54) is 6.42 Å². The van der Waals surface area contributed by atoms with Crippen LogP contribution in [0.4, 0.5) is 0 Å². The minimum absolute atomic E-state index is 0.0764. The van der Waals surface area contributed by atoms with Crippen molar-refractivity contribution in [2.45, 2.75) is 51.0 Å². The molecule has 0 radical (unpaired) electrons. The molecule has 1 saturated heterocycles. The van der Waals surface area contributed by atoms with Crippen molar-refractivity contribution in [1.29, 1.82) is 0 Å². The fourth-order valence-corrected chi connectivity index (χ4v) is 4.90. The van der Waals surface area contributed by atoms with Gasteiger partial charge in [0.05, 0.1) is 16.4 Å². The number of carbonyl (C=O) groups is 1. The number of nitrogens with one attached hydrogen (secondary N) is 1. The molecule has 3 rings (SSSR count). The zero-order valence-electron chi connectivity index (χ0n) is 14.3. The molecular formula is C17H23N3O2S2. The highest BCUT2D eigenvalue weighted by Gasteiger charge is 2.22. The lowest BCUT2D eigenvalue weighted by Gasteiger charge is -2.29. The third-order valence-electron chi connectivity index (χ3n) is 4.57. The van der Waals surface area contributed by atoms with Gasteiger partial charge >= 0.3 is 0 Å². The summed E-state index contributed by atoms with van der Waals surface area (Å²) in [5.41, 5.74) is 0.934. The van der Waals surface area contributed by atoms with E-state index in [0.717, 1.165) is 41.2 Å². The molecule has 1 aliphatic heterocycles. The minimum atomic E-state index is -0.115. The number of fused-ring (bicyclic) bond motifs is 1. The summed E-state index contributed by atoms with van der Waals surface area (Å²) >= 11 is 3.10. The third-order valence-corrected chi connectivity index (χ3v) is 6.82. The van der Waals surface area contributed by atoms with Crippen molar-refractivity contribution in [3.63, 3.8) is 0 Å². The van der Waals surface area contributed by atoms with Gasteiger partial charge in [0.2, 0.25) is 5.91 Å². The Morgan fingerprint density at radius 1 is 1.33 bits per heavy atom. The molecule has 1 atom stereocenters. The van der Waals surface area contributed by atoms with E-state index in [2.05, 4.69) is 9.97 Å². The van der Waals surface area contributed by atoms with Crippen LogP contribution in [0.5, 0.6) is 0 Å². The van der Waals surface area contributed by atoms with Crippen molar-refractivity contribution in [1.82, 2.24) is 14.9 Å². The number of hydrogen-bond donors (Lipinski definition) is 1. The molecule has 0 bridgehead atoms. The standard InChI is InChI=1S/C17H23N3O2S2/c1-10-11(2)24-16-14(10)15(21)18-13(19-16)9-23-12(3)17(22)20-7-5-4-6-8-20/h12H,4-9H2,1-3H3,(H,18,19,21)/t12-/m1/s1. The molecule has 1 aliphatic rings. The highest BCUT2D eigenvalue weighted by Crippen LogP contribution is 2.27. The first-order valence-corrected chi connectivity index (χ1v) is 10.2. The highest BCUT2D eigenvalue weighted by atomic mass is 32.2. The number of hydrogen-bond acceptors (Lipinski definition) is 5. The molecule has 24 heavy (non-hydrogen) atoms. The van der Waals surface area contributed by atoms with Crippen LogP contribution < -0.4 is 5.56 Å². The Balaban J connectivity index is 1.69. The van der Waals surface area contributed by atoms with Crippen LogP contribution in [0.3, 0.4) is 0 Å². The van der Waals surface area contributed by atoms with Gasteiger partial charge < -0.3 is 9.88 Å². The average molecular weight is 366 g/mol. The van der Waals surface area contributed by atoms with Gasteiger partial charge in [0.25, 0.3) is 5.56 Å². The first-order valence-electron chi connectivity index (χ1n) is 8.36. The molecule has 2 aromatic rings. The minimum Gasteiger partial charge on any atom is -0.342 e. The lowest BCUT2D eigenvalue weighted by atomic mass is 10.1. The molecule has 3 heterocycles. The summed E-state index contributed by atoms with van der Waals surface area (Å²) in [5, 5.41) is 0.583. The van der Waals surface area contributed by atoms with Gasteiger partial charge in [0.1, 0.15) is 10.7 Å². The number of likely N-dealkylation sites (tertiary alicyclic amines) is 1. The first kappa shape index (κ1) is 17.5. The van der Waals surface area contributed by atoms with E-state index in [4.69, 9.17) is 0 Å². The van der Waals surface area contributed by atoms with Gasteiger partial charge in [0.15, 0.2) is 0 Å². The van der Waals surface area contributed by atoms with Crippen molar-refractivity contribution >= 4 is 39.2 Å². The molecule has 7 heteroatoms. The monoisotopic (exact) mass is 365 g/mol. The van der Waals surface area contributed by atoms with Gasteiger partial charge in [-0.2, -0.15) is 0 Å². The fraction of sp³-hybridized carbons (Fsp3) is 0.588. The molecular weight excluding hydrogens is 342 g/mol. The Labute approximate surface area is 149 Å². The van der Waals surface area contributed by atoms with Crippen LogP contribution in [0.25, 0.3) is 10.2 Å². The summed E-state index contributed by atoms with van der Waals surface area (Å²) in [4.78, 5) is 36.1. The van der Waals surface area contributed by atoms with Crippen LogP contribution in [0.2, 0.25) is 0 Å². The van der Waals surface area contributed by atoms with Crippen LogP contribution in [-0.4, -0.2) is 39.1 Å². The van der Waals surface area contributed by atoms with E-state index in [-0.39, 0.29) is 16.7 Å². The van der Waals surface area contributed by atoms with Crippen molar-refractivity contribution < 1.29 is 4.79 Å². The van der Waals surface area contributed by atoms with Gasteiger partial charge in [0, 0.05) is 18.0 Å². The summed E-state index contributed by atoms with van der Waals surface area (Å²) in [6.45, 7) is 7.66. The number of nitrogens with zero attached hydrogens (tertiary/aromatic N) is 2. The van der Waals surface area contributed by atoms with Crippen LogP contribution in [-0.2, 0) is 10.5 Å². The van der Waals surface area contributed by atoms with Gasteiger partial charge in [-0.1, -0.05) is 0 Å². The molecule has 0 aromatic carbocycles. The van der Waals surface area contributed by atoms with E-state index < -0.39 is 0 Å². The van der Waals surface area contributed by atoms with E-state index in [9.17, 15) is 9.59 Å². The van der Waals surface area contributed by atoms with Gasteiger partial charge in [-0.3, -0.25) is 9.59 Å². The van der Waals surface area contributed by atoms with Crippen LogP contribution in [0.1, 0.15) is 42.5 Å². The number of aryl methyl sites for hydroxylation is 2. The molecule has 0 spiro atoms. The molecule has 1 N–H and O–H groups in total. The lowest BCUT2D eigenvalue weighted by Crippen LogP contribution is -2.40. The zero-order chi connectivity index (χ0) is 17.3. The SMILES string of the molecule is Cc1sc2nc(CS[C@H](C)C(=O)N3CCCCC3)[nH]c(=O)c2c1C. The second-order valence-electron chi connectivity index (χ2n) is 6.32. The predicted octanol–water partition coefficient (Wildman–Crippen LogP) is 3.24. The first-order chi connectivity index (χ1) is 11.5. The Hall–Kier alpha value is -1.34. The highest BCUT2D eigenvalue weighted by molar-refractivity contribution is 7.99. The van der Waals surface area contributed by atoms with Crippen LogP contribution >= 0.6 is 23.1 Å². The Bertz CT molecular complexity index is 806. The maximum absolute atomic E-state index is 12.5. The summed E-state index contributed by atoms with van der Waals surface area (Å²) in [7, 11) is 0. The number of aromatic amines is 1. The molecule has 0 unspecified atom stereocenters. The topological polar surface area (TPSA) is 66.1 Å². The molecule has 2 aromatic heterocycles. The number of H-pyrrole nitrogens is 1. The van der Waals surface area contributed by atoms with Crippen molar-refractivity contribution in [3.8, 4) is 0 Å². The number of thioether (sulfide) groups is 1. The quantitative estimate of drug-likeness (QED) is 0.903. The summed E-state index contributed by atoms with van der Waals surface area (Å²) in [6, 6.07) is 0. The predicted molar refractivity (Wildman–Crippen MR) is 101 cm³/mol. The van der Waals surface area contributed by atoms with Crippen molar-refractivity contribution in [2.24, 2.45) is 0 Å². The number of amides is 1. The van der Waals surface area contributed by atoms with E-state index in [0.29, 0.717) is 17.0 Å². The number of aromatic nitrogens is 2. The Morgan fingerprint density at radius 2 is 2.04 bits per heavy atom. The molecule has 0 aliphatic carbocycles. The zero-order valence-corrected chi connectivity index (χ0v) is 16.0. The fourth-order valence-electron chi connectivity index (χ4n) is 3.01. The smallest absolute Gasteiger partial charge is 0.259 e. The Kier molecular flexibility index (Phi) is 5.30. The third kappa shape index (κ3) is 3.52. The Morgan fingerprint density at radius 3 is 2.75 bits per heavy atom. The largest absolute Gasteiger partial charge is 0.342 e. The number of thiophene rings is 1. The molecule has 1 fully saturated rings. The van der Waals surface area contributed by atoms with Crippen LogP contribution in [0, 0.1) is 13.8 Å². The normalized spacial score (nSPS) is 16.5. The second-order valence-corrected chi connectivity index (χ2v) is 8.85. The molecule has 5 nitrogen and oxygen atoms in total. The van der Waals surface area contributed by atoms with Gasteiger partial charge in [-0.25, -0.2) is 4.98 Å². The van der Waals surface area contributed by atoms with Crippen LogP contribution in [0.15, 0.2) is 4.79 Å². The summed E-state index contributed by atoms with van der Waals surface area (Å²) < 4.78 is 0. The lowest BCUT2D eigenvalue weighted by molar-refractivity contribution is -0.131. The van der Waals surface area contributed by atoms with E-state index in [1.54, 1.807) is 23.1 Å². The second kappa shape index (κ2) is 7.27. The maximum Gasteiger partial charge on any atom is 0.259 e. The summed E-state index contributed by atoms with van der Waals surface area (Å²) in [5.74, 6) is 1.39. The molecule has 130 valence electrons. The molecule has 1 amide bonds. The average Bonchev–Trinajstić information content (AvgIpc) is 2.87. The van der Waals surface area contributed by atoms with Gasteiger partial charge in [-0.15, -0.1) is 23.1 Å². The van der Waals surface area contributed by atoms with Crippen molar-refractivity contribution in [3.05, 3.63) is 26.6 Å². The maximum atomic E-state index is 12.5. The van der Waals surface area contributed by atoms with Crippen molar-refractivity contribution in [2.75, 3.05) is 13.1 Å². The number of carbonyl (C=O) groups excluding carboxylic acids is 1.